The van der Waals surface area contributed by atoms with Gasteiger partial charge in [0.1, 0.15) is 3.55 Å². The molecular weight excluding hydrogens is 387 g/mol. The number of amides is 1. The number of benzene rings is 2. The zero-order valence-corrected chi connectivity index (χ0v) is 14.7. The molecule has 3 rings (SSSR count). The molecule has 1 N–H and O–H groups in total. The number of carbonyl (C=O) groups is 1. The fourth-order valence-corrected chi connectivity index (χ4v) is 4.06. The summed E-state index contributed by atoms with van der Waals surface area (Å²) in [7, 11) is 1.71. The van der Waals surface area contributed by atoms with E-state index in [1.807, 2.05) is 12.1 Å². The molecule has 0 unspecified atom stereocenters. The second kappa shape index (κ2) is 6.38. The largest absolute Gasteiger partial charge is 0.359 e. The first-order chi connectivity index (χ1) is 10.7. The Morgan fingerprint density at radius 3 is 1.91 bits per heavy atom. The molecule has 1 amide bonds. The van der Waals surface area contributed by atoms with Gasteiger partial charge >= 0.3 is 0 Å². The summed E-state index contributed by atoms with van der Waals surface area (Å²) < 4.78 is -0.231. The van der Waals surface area contributed by atoms with Crippen LogP contribution >= 0.6 is 22.6 Å². The summed E-state index contributed by atoms with van der Waals surface area (Å²) in [6, 6.07) is 21.0. The monoisotopic (exact) mass is 406 g/mol. The van der Waals surface area contributed by atoms with Gasteiger partial charge in [0.2, 0.25) is 5.91 Å². The second-order valence-electron chi connectivity index (χ2n) is 5.57. The first kappa shape index (κ1) is 15.5. The van der Waals surface area contributed by atoms with E-state index in [2.05, 4.69) is 81.3 Å². The van der Waals surface area contributed by atoms with E-state index in [9.17, 15) is 4.79 Å². The van der Waals surface area contributed by atoms with Gasteiger partial charge in [-0.3, -0.25) is 9.69 Å². The molecule has 4 heteroatoms. The van der Waals surface area contributed by atoms with Gasteiger partial charge in [0.15, 0.2) is 0 Å². The van der Waals surface area contributed by atoms with E-state index in [1.54, 1.807) is 7.05 Å². The molecule has 0 saturated carbocycles. The summed E-state index contributed by atoms with van der Waals surface area (Å²) in [5.41, 5.74) is 2.49. The van der Waals surface area contributed by atoms with E-state index >= 15 is 0 Å². The van der Waals surface area contributed by atoms with Crippen LogP contribution in [0.3, 0.4) is 0 Å². The number of alkyl halides is 1. The lowest BCUT2D eigenvalue weighted by atomic mass is 9.90. The van der Waals surface area contributed by atoms with E-state index < -0.39 is 0 Å². The lowest BCUT2D eigenvalue weighted by molar-refractivity contribution is -0.130. The minimum absolute atomic E-state index is 0.0894. The van der Waals surface area contributed by atoms with Crippen molar-refractivity contribution in [3.05, 3.63) is 71.8 Å². The van der Waals surface area contributed by atoms with Crippen molar-refractivity contribution in [1.82, 2.24) is 10.2 Å². The van der Waals surface area contributed by atoms with Crippen LogP contribution in [0.15, 0.2) is 60.7 Å². The predicted molar refractivity (Wildman–Crippen MR) is 96.8 cm³/mol. The Morgan fingerprint density at radius 2 is 1.50 bits per heavy atom. The highest BCUT2D eigenvalue weighted by Crippen LogP contribution is 2.45. The summed E-state index contributed by atoms with van der Waals surface area (Å²) in [6.07, 6.45) is 0. The fraction of sp³-hybridized carbons (Fsp3) is 0.278. The maximum Gasteiger partial charge on any atom is 0.225 e. The van der Waals surface area contributed by atoms with Gasteiger partial charge in [-0.05, 0) is 11.1 Å². The molecule has 0 radical (unpaired) electrons. The van der Waals surface area contributed by atoms with Gasteiger partial charge in [0.25, 0.3) is 0 Å². The third-order valence-electron chi connectivity index (χ3n) is 4.25. The highest BCUT2D eigenvalue weighted by atomic mass is 127. The molecule has 1 saturated heterocycles. The Kier molecular flexibility index (Phi) is 4.49. The van der Waals surface area contributed by atoms with Crippen LogP contribution in [-0.4, -0.2) is 30.9 Å². The van der Waals surface area contributed by atoms with Crippen LogP contribution in [0, 0.1) is 5.92 Å². The molecule has 0 spiro atoms. The van der Waals surface area contributed by atoms with Crippen LogP contribution in [-0.2, 0) is 8.34 Å². The Balaban J connectivity index is 1.94. The number of nitrogens with zero attached hydrogens (tertiary/aromatic N) is 1. The van der Waals surface area contributed by atoms with Crippen molar-refractivity contribution in [1.29, 1.82) is 0 Å². The summed E-state index contributed by atoms with van der Waals surface area (Å²) >= 11 is 2.52. The first-order valence-electron chi connectivity index (χ1n) is 7.43. The molecule has 0 aliphatic carbocycles. The molecule has 1 fully saturated rings. The van der Waals surface area contributed by atoms with Gasteiger partial charge in [-0.2, -0.15) is 0 Å². The van der Waals surface area contributed by atoms with Crippen molar-refractivity contribution in [2.45, 2.75) is 3.55 Å². The maximum atomic E-state index is 11.8. The number of halogens is 1. The van der Waals surface area contributed by atoms with Gasteiger partial charge in [0.05, 0.1) is 5.92 Å². The van der Waals surface area contributed by atoms with Crippen molar-refractivity contribution in [3.63, 3.8) is 0 Å². The number of hydrogen-bond donors (Lipinski definition) is 1. The molecule has 0 aromatic heterocycles. The molecule has 3 nitrogen and oxygen atoms in total. The fourth-order valence-electron chi connectivity index (χ4n) is 2.95. The van der Waals surface area contributed by atoms with Crippen molar-refractivity contribution >= 4 is 28.5 Å². The number of rotatable bonds is 4. The van der Waals surface area contributed by atoms with Crippen molar-refractivity contribution in [2.75, 3.05) is 20.1 Å². The van der Waals surface area contributed by atoms with E-state index in [4.69, 9.17) is 0 Å². The van der Waals surface area contributed by atoms with Gasteiger partial charge in [-0.1, -0.05) is 83.3 Å². The number of likely N-dealkylation sites (tertiary alicyclic amines) is 1. The molecule has 2 aromatic rings. The van der Waals surface area contributed by atoms with Gasteiger partial charge in [-0.25, -0.2) is 0 Å². The van der Waals surface area contributed by atoms with Gasteiger partial charge in [-0.15, -0.1) is 0 Å². The van der Waals surface area contributed by atoms with Crippen LogP contribution < -0.4 is 5.32 Å². The van der Waals surface area contributed by atoms with E-state index in [0.29, 0.717) is 0 Å². The Hall–Kier alpha value is -1.40. The van der Waals surface area contributed by atoms with Crippen LogP contribution in [0.25, 0.3) is 0 Å². The van der Waals surface area contributed by atoms with E-state index in [0.717, 1.165) is 13.1 Å². The van der Waals surface area contributed by atoms with Crippen molar-refractivity contribution in [2.24, 2.45) is 5.92 Å². The quantitative estimate of drug-likeness (QED) is 0.481. The van der Waals surface area contributed by atoms with Crippen LogP contribution in [0.4, 0.5) is 0 Å². The average Bonchev–Trinajstić information content (AvgIpc) is 2.54. The van der Waals surface area contributed by atoms with Gasteiger partial charge in [0, 0.05) is 20.1 Å². The number of hydrogen-bond acceptors (Lipinski definition) is 2. The maximum absolute atomic E-state index is 11.8. The Labute approximate surface area is 144 Å². The van der Waals surface area contributed by atoms with Gasteiger partial charge < -0.3 is 5.32 Å². The minimum atomic E-state index is -0.231. The van der Waals surface area contributed by atoms with Crippen LogP contribution in [0.5, 0.6) is 0 Å². The number of nitrogens with one attached hydrogen (secondary N) is 1. The molecule has 1 aliphatic heterocycles. The minimum Gasteiger partial charge on any atom is -0.359 e. The summed E-state index contributed by atoms with van der Waals surface area (Å²) in [5, 5.41) is 2.75. The second-order valence-corrected chi connectivity index (χ2v) is 7.13. The van der Waals surface area contributed by atoms with Crippen LogP contribution in [0.2, 0.25) is 0 Å². The topological polar surface area (TPSA) is 32.3 Å². The third-order valence-corrected chi connectivity index (χ3v) is 6.18. The molecule has 22 heavy (non-hydrogen) atoms. The average molecular weight is 406 g/mol. The lowest BCUT2D eigenvalue weighted by Gasteiger charge is -2.49. The smallest absolute Gasteiger partial charge is 0.225 e. The van der Waals surface area contributed by atoms with Crippen molar-refractivity contribution < 1.29 is 4.79 Å². The SMILES string of the molecule is CNC(=O)C1CN(C(I)(c2ccccc2)c2ccccc2)C1. The Morgan fingerprint density at radius 1 is 1.05 bits per heavy atom. The van der Waals surface area contributed by atoms with Crippen molar-refractivity contribution in [3.8, 4) is 0 Å². The highest BCUT2D eigenvalue weighted by Gasteiger charge is 2.46. The normalized spacial score (nSPS) is 16.1. The van der Waals surface area contributed by atoms with Crippen LogP contribution in [0.1, 0.15) is 11.1 Å². The molecule has 114 valence electrons. The number of carbonyl (C=O) groups excluding carboxylic acids is 1. The standard InChI is InChI=1S/C18H19IN2O/c1-20-17(22)14-12-21(13-14)18(19,15-8-4-2-5-9-15)16-10-6-3-7-11-16/h2-11,14H,12-13H2,1H3,(H,20,22). The molecule has 1 heterocycles. The lowest BCUT2D eigenvalue weighted by Crippen LogP contribution is -2.59. The predicted octanol–water partition coefficient (Wildman–Crippen LogP) is 3.00. The summed E-state index contributed by atoms with van der Waals surface area (Å²) in [6.45, 7) is 1.57. The molecule has 0 bridgehead atoms. The zero-order valence-electron chi connectivity index (χ0n) is 12.5. The zero-order chi connectivity index (χ0) is 15.6. The summed E-state index contributed by atoms with van der Waals surface area (Å²) in [5.74, 6) is 0.225. The Bertz CT molecular complexity index is 599. The summed E-state index contributed by atoms with van der Waals surface area (Å²) in [4.78, 5) is 14.2. The molecule has 1 aliphatic rings. The molecular formula is C18H19IN2O. The third kappa shape index (κ3) is 2.65. The first-order valence-corrected chi connectivity index (χ1v) is 8.50. The molecule has 2 aromatic carbocycles. The highest BCUT2D eigenvalue weighted by molar-refractivity contribution is 14.1. The molecule has 0 atom stereocenters. The van der Waals surface area contributed by atoms with E-state index in [-0.39, 0.29) is 15.4 Å². The van der Waals surface area contributed by atoms with E-state index in [1.165, 1.54) is 11.1 Å².